The number of carbonyl (C=O) groups is 1. The van der Waals surface area contributed by atoms with Crippen LogP contribution in [0.1, 0.15) is 39.5 Å². The first-order chi connectivity index (χ1) is 12.6. The Labute approximate surface area is 157 Å². The lowest BCUT2D eigenvalue weighted by molar-refractivity contribution is -0.117. The number of amides is 1. The molecule has 2 aliphatic rings. The molecule has 1 amide bonds. The second kappa shape index (κ2) is 6.75. The minimum absolute atomic E-state index is 0.00150. The molecule has 2 aromatic rings. The number of nitrogens with zero attached hydrogens (tertiary/aromatic N) is 1. The zero-order chi connectivity index (χ0) is 18.3. The summed E-state index contributed by atoms with van der Waals surface area (Å²) in [6, 6.07) is 8.35. The van der Waals surface area contributed by atoms with Crippen LogP contribution in [0, 0.1) is 24.2 Å². The Morgan fingerprint density at radius 1 is 1.46 bits per heavy atom. The Kier molecular flexibility index (Phi) is 4.43. The van der Waals surface area contributed by atoms with Gasteiger partial charge in [0.25, 0.3) is 0 Å². The van der Waals surface area contributed by atoms with Crippen LogP contribution >= 0.6 is 11.3 Å². The van der Waals surface area contributed by atoms with E-state index in [0.29, 0.717) is 10.6 Å². The first-order valence-corrected chi connectivity index (χ1v) is 9.65. The van der Waals surface area contributed by atoms with Gasteiger partial charge in [-0.15, -0.1) is 11.3 Å². The molecule has 2 unspecified atom stereocenters. The van der Waals surface area contributed by atoms with Gasteiger partial charge in [-0.25, -0.2) is 0 Å². The molecule has 1 aromatic heterocycles. The van der Waals surface area contributed by atoms with E-state index in [9.17, 15) is 10.1 Å². The van der Waals surface area contributed by atoms with E-state index in [0.717, 1.165) is 53.2 Å². The van der Waals surface area contributed by atoms with Crippen molar-refractivity contribution in [3.63, 3.8) is 0 Å². The predicted molar refractivity (Wildman–Crippen MR) is 102 cm³/mol. The van der Waals surface area contributed by atoms with E-state index in [-0.39, 0.29) is 17.7 Å². The van der Waals surface area contributed by atoms with Crippen LogP contribution in [0.15, 0.2) is 18.2 Å². The first-order valence-electron chi connectivity index (χ1n) is 8.83. The second-order valence-corrected chi connectivity index (χ2v) is 7.99. The Balaban J connectivity index is 1.52. The van der Waals surface area contributed by atoms with E-state index < -0.39 is 0 Å². The van der Waals surface area contributed by atoms with Crippen molar-refractivity contribution in [3.8, 4) is 11.8 Å². The summed E-state index contributed by atoms with van der Waals surface area (Å²) in [5.41, 5.74) is 3.92. The summed E-state index contributed by atoms with van der Waals surface area (Å²) in [6.45, 7) is 3.67. The number of para-hydroxylation sites is 1. The monoisotopic (exact) mass is 367 g/mol. The number of hydrogen-bond acceptors (Lipinski definition) is 5. The average Bonchev–Trinajstić information content (AvgIpc) is 3.37. The van der Waals surface area contributed by atoms with Gasteiger partial charge in [0.2, 0.25) is 5.91 Å². The molecule has 134 valence electrons. The van der Waals surface area contributed by atoms with Gasteiger partial charge in [-0.05, 0) is 48.9 Å². The van der Waals surface area contributed by atoms with Crippen molar-refractivity contribution in [2.75, 3.05) is 19.0 Å². The van der Waals surface area contributed by atoms with Crippen molar-refractivity contribution in [2.24, 2.45) is 5.92 Å². The van der Waals surface area contributed by atoms with Crippen LogP contribution in [-0.4, -0.2) is 19.6 Å². The number of nitrogens with one attached hydrogen (secondary N) is 2. The lowest BCUT2D eigenvalue weighted by Gasteiger charge is -2.11. The maximum Gasteiger partial charge on any atom is 0.228 e. The van der Waals surface area contributed by atoms with E-state index in [4.69, 9.17) is 4.74 Å². The average molecular weight is 367 g/mol. The van der Waals surface area contributed by atoms with Crippen LogP contribution in [0.3, 0.4) is 0 Å². The summed E-state index contributed by atoms with van der Waals surface area (Å²) in [7, 11) is 1.67. The van der Waals surface area contributed by atoms with E-state index in [1.165, 1.54) is 11.3 Å². The Hall–Kier alpha value is -2.36. The van der Waals surface area contributed by atoms with Crippen LogP contribution in [0.2, 0.25) is 0 Å². The van der Waals surface area contributed by atoms with Gasteiger partial charge in [0, 0.05) is 17.3 Å². The van der Waals surface area contributed by atoms with E-state index in [2.05, 4.69) is 16.7 Å². The van der Waals surface area contributed by atoms with Crippen LogP contribution in [0.5, 0.6) is 5.75 Å². The van der Waals surface area contributed by atoms with Gasteiger partial charge < -0.3 is 15.4 Å². The molecule has 2 atom stereocenters. The zero-order valence-electron chi connectivity index (χ0n) is 14.9. The van der Waals surface area contributed by atoms with Crippen molar-refractivity contribution in [1.29, 1.82) is 5.26 Å². The zero-order valence-corrected chi connectivity index (χ0v) is 15.7. The summed E-state index contributed by atoms with van der Waals surface area (Å²) >= 11 is 1.53. The fourth-order valence-corrected chi connectivity index (χ4v) is 4.99. The fraction of sp³-hybridized carbons (Fsp3) is 0.400. The molecular weight excluding hydrogens is 346 g/mol. The minimum Gasteiger partial charge on any atom is -0.496 e. The number of aryl methyl sites for hydroxylation is 1. The number of ether oxygens (including phenoxy) is 1. The number of anilines is 1. The summed E-state index contributed by atoms with van der Waals surface area (Å²) in [5.74, 6) is 1.01. The Morgan fingerprint density at radius 3 is 3.08 bits per heavy atom. The largest absolute Gasteiger partial charge is 0.496 e. The Bertz CT molecular complexity index is 913. The summed E-state index contributed by atoms with van der Waals surface area (Å²) < 4.78 is 5.54. The van der Waals surface area contributed by atoms with Gasteiger partial charge in [0.15, 0.2) is 0 Å². The molecule has 6 heteroatoms. The molecule has 0 spiro atoms. The highest BCUT2D eigenvalue weighted by Gasteiger charge is 2.45. The molecular formula is C20H21N3O2S. The van der Waals surface area contributed by atoms with Crippen LogP contribution < -0.4 is 15.4 Å². The molecule has 1 aromatic carbocycles. The Morgan fingerprint density at radius 2 is 2.31 bits per heavy atom. The molecule has 2 N–H and O–H groups in total. The molecule has 1 saturated carbocycles. The van der Waals surface area contributed by atoms with Crippen molar-refractivity contribution < 1.29 is 9.53 Å². The molecule has 1 aliphatic heterocycles. The molecule has 0 saturated heterocycles. The van der Waals surface area contributed by atoms with Gasteiger partial charge in [-0.1, -0.05) is 18.2 Å². The van der Waals surface area contributed by atoms with Gasteiger partial charge in [0.05, 0.1) is 12.7 Å². The van der Waals surface area contributed by atoms with E-state index in [1.807, 2.05) is 25.1 Å². The van der Waals surface area contributed by atoms with Gasteiger partial charge in [-0.3, -0.25) is 4.79 Å². The quantitative estimate of drug-likeness (QED) is 0.869. The SMILES string of the molecule is COc1c(C)cccc1C1CC1C(=O)Nc1sc2c(c1C#N)CCNC2. The highest BCUT2D eigenvalue weighted by atomic mass is 32.1. The lowest BCUT2D eigenvalue weighted by atomic mass is 10.0. The van der Waals surface area contributed by atoms with Crippen LogP contribution in [-0.2, 0) is 17.8 Å². The first kappa shape index (κ1) is 17.1. The highest BCUT2D eigenvalue weighted by molar-refractivity contribution is 7.16. The smallest absolute Gasteiger partial charge is 0.228 e. The number of thiophene rings is 1. The topological polar surface area (TPSA) is 74.1 Å². The molecule has 2 heterocycles. The lowest BCUT2D eigenvalue weighted by Crippen LogP contribution is -2.22. The van der Waals surface area contributed by atoms with Crippen molar-refractivity contribution in [1.82, 2.24) is 5.32 Å². The number of rotatable bonds is 4. The molecule has 4 rings (SSSR count). The number of methoxy groups -OCH3 is 1. The molecule has 5 nitrogen and oxygen atoms in total. The number of nitriles is 1. The summed E-state index contributed by atoms with van der Waals surface area (Å²) in [4.78, 5) is 13.9. The van der Waals surface area contributed by atoms with Crippen molar-refractivity contribution in [3.05, 3.63) is 45.3 Å². The van der Waals surface area contributed by atoms with Gasteiger partial charge >= 0.3 is 0 Å². The minimum atomic E-state index is -0.0607. The third-order valence-electron chi connectivity index (χ3n) is 5.25. The molecule has 0 radical (unpaired) electrons. The number of carbonyl (C=O) groups excluding carboxylic acids is 1. The maximum atomic E-state index is 12.8. The molecule has 26 heavy (non-hydrogen) atoms. The number of hydrogen-bond donors (Lipinski definition) is 2. The number of benzene rings is 1. The normalized spacial score (nSPS) is 20.8. The molecule has 1 aliphatic carbocycles. The maximum absolute atomic E-state index is 12.8. The standard InChI is InChI=1S/C20H21N3O2S/c1-11-4-3-5-13(18(11)25-2)14-8-15(14)19(24)23-20-16(9-21)12-6-7-22-10-17(12)26-20/h3-5,14-15,22H,6-8,10H2,1-2H3,(H,23,24). The predicted octanol–water partition coefficient (Wildman–Crippen LogP) is 3.32. The van der Waals surface area contributed by atoms with E-state index in [1.54, 1.807) is 7.11 Å². The summed E-state index contributed by atoms with van der Waals surface area (Å²) in [6.07, 6.45) is 1.66. The summed E-state index contributed by atoms with van der Waals surface area (Å²) in [5, 5.41) is 16.6. The van der Waals surface area contributed by atoms with E-state index >= 15 is 0 Å². The van der Waals surface area contributed by atoms with Crippen LogP contribution in [0.25, 0.3) is 0 Å². The number of fused-ring (bicyclic) bond motifs is 1. The van der Waals surface area contributed by atoms with Gasteiger partial charge in [-0.2, -0.15) is 5.26 Å². The third kappa shape index (κ3) is 2.87. The second-order valence-electron chi connectivity index (χ2n) is 6.88. The highest BCUT2D eigenvalue weighted by Crippen LogP contribution is 2.51. The van der Waals surface area contributed by atoms with Crippen molar-refractivity contribution >= 4 is 22.2 Å². The third-order valence-corrected chi connectivity index (χ3v) is 6.40. The van der Waals surface area contributed by atoms with Crippen molar-refractivity contribution in [2.45, 2.75) is 32.2 Å². The molecule has 1 fully saturated rings. The van der Waals surface area contributed by atoms with Gasteiger partial charge in [0.1, 0.15) is 16.8 Å². The molecule has 0 bridgehead atoms. The van der Waals surface area contributed by atoms with Crippen LogP contribution in [0.4, 0.5) is 5.00 Å². The fourth-order valence-electron chi connectivity index (χ4n) is 3.82.